The van der Waals surface area contributed by atoms with Crippen molar-refractivity contribution in [2.45, 2.75) is 11.8 Å². The Morgan fingerprint density at radius 1 is 0.611 bits per heavy atom. The quantitative estimate of drug-likeness (QED) is 0.295. The van der Waals surface area contributed by atoms with Crippen LogP contribution in [0.15, 0.2) is 114 Å². The van der Waals surface area contributed by atoms with Gasteiger partial charge >= 0.3 is 0 Å². The SMILES string of the molecule is N#CC(C#N)=C1C(c2ccccc2)=C2c3ccccc3-c3ccc(C#N)cc3C2C1c1ccccc1. The fourth-order valence-electron chi connectivity index (χ4n) is 5.88. The van der Waals surface area contributed by atoms with E-state index in [0.717, 1.165) is 50.1 Å². The standard InChI is InChI=1S/C33H19N3/c34-18-21-15-16-26-25-13-7-8-14-27(25)32-29(22-9-3-1-4-10-22)31(24(19-35)20-36)30(33(32)28(26)17-21)23-11-5-2-6-12-23/h1-17,30,33H. The van der Waals surface area contributed by atoms with Crippen LogP contribution in [0.5, 0.6) is 0 Å². The van der Waals surface area contributed by atoms with Gasteiger partial charge in [0.2, 0.25) is 0 Å². The van der Waals surface area contributed by atoms with Gasteiger partial charge in [-0.15, -0.1) is 0 Å². The Hall–Kier alpha value is -5.17. The Bertz CT molecular complexity index is 1690. The first-order valence-electron chi connectivity index (χ1n) is 11.8. The van der Waals surface area contributed by atoms with Crippen LogP contribution < -0.4 is 0 Å². The van der Waals surface area contributed by atoms with Gasteiger partial charge in [0.1, 0.15) is 17.7 Å². The lowest BCUT2D eigenvalue weighted by Gasteiger charge is -2.32. The molecule has 0 saturated heterocycles. The van der Waals surface area contributed by atoms with Gasteiger partial charge in [0.05, 0.1) is 11.6 Å². The Labute approximate surface area is 210 Å². The summed E-state index contributed by atoms with van der Waals surface area (Å²) in [6, 6.07) is 41.0. The minimum absolute atomic E-state index is 0.125. The summed E-state index contributed by atoms with van der Waals surface area (Å²) in [5, 5.41) is 30.0. The van der Waals surface area contributed by atoms with Crippen LogP contribution >= 0.6 is 0 Å². The summed E-state index contributed by atoms with van der Waals surface area (Å²) in [6.07, 6.45) is 0. The van der Waals surface area contributed by atoms with Crippen LogP contribution in [0.25, 0.3) is 22.3 Å². The third kappa shape index (κ3) is 3.10. The van der Waals surface area contributed by atoms with Crippen LogP contribution in [0.1, 0.15) is 39.7 Å². The van der Waals surface area contributed by atoms with Gasteiger partial charge in [0.25, 0.3) is 0 Å². The fourth-order valence-corrected chi connectivity index (χ4v) is 5.88. The van der Waals surface area contributed by atoms with Gasteiger partial charge in [-0.3, -0.25) is 0 Å². The maximum Gasteiger partial charge on any atom is 0.134 e. The smallest absolute Gasteiger partial charge is 0.134 e. The summed E-state index contributed by atoms with van der Waals surface area (Å²) in [6.45, 7) is 0. The number of allylic oxidation sites excluding steroid dienone is 4. The highest BCUT2D eigenvalue weighted by Crippen LogP contribution is 2.64. The van der Waals surface area contributed by atoms with Crippen LogP contribution in [0.2, 0.25) is 0 Å². The first kappa shape index (κ1) is 21.4. The van der Waals surface area contributed by atoms with Crippen molar-refractivity contribution >= 4 is 11.1 Å². The number of nitriles is 3. The predicted octanol–water partition coefficient (Wildman–Crippen LogP) is 7.37. The van der Waals surface area contributed by atoms with Crippen molar-refractivity contribution in [3.8, 4) is 29.3 Å². The molecule has 0 spiro atoms. The van der Waals surface area contributed by atoms with Crippen molar-refractivity contribution < 1.29 is 0 Å². The van der Waals surface area contributed by atoms with Gasteiger partial charge in [0.15, 0.2) is 0 Å². The van der Waals surface area contributed by atoms with Gasteiger partial charge in [-0.05, 0) is 62.2 Å². The normalized spacial score (nSPS) is 17.2. The Balaban J connectivity index is 1.82. The van der Waals surface area contributed by atoms with E-state index in [0.29, 0.717) is 5.56 Å². The molecule has 0 fully saturated rings. The van der Waals surface area contributed by atoms with Gasteiger partial charge < -0.3 is 0 Å². The fraction of sp³-hybridized carbons (Fsp3) is 0.0606. The molecule has 36 heavy (non-hydrogen) atoms. The van der Waals surface area contributed by atoms with Gasteiger partial charge in [-0.25, -0.2) is 0 Å². The van der Waals surface area contributed by atoms with Crippen molar-refractivity contribution in [3.63, 3.8) is 0 Å². The molecule has 0 amide bonds. The number of fused-ring (bicyclic) bond motifs is 6. The summed E-state index contributed by atoms with van der Waals surface area (Å²) >= 11 is 0. The summed E-state index contributed by atoms with van der Waals surface area (Å²) in [5.41, 5.74) is 9.87. The van der Waals surface area contributed by atoms with Crippen molar-refractivity contribution in [1.29, 1.82) is 15.8 Å². The highest BCUT2D eigenvalue weighted by Gasteiger charge is 2.46. The molecule has 166 valence electrons. The third-order valence-electron chi connectivity index (χ3n) is 7.23. The maximum atomic E-state index is 10.1. The molecule has 4 aromatic carbocycles. The summed E-state index contributed by atoms with van der Waals surface area (Å²) in [7, 11) is 0. The highest BCUT2D eigenvalue weighted by molar-refractivity contribution is 6.11. The average molecular weight is 458 g/mol. The molecular weight excluding hydrogens is 438 g/mol. The van der Waals surface area contributed by atoms with E-state index in [1.54, 1.807) is 0 Å². The molecule has 0 N–H and O–H groups in total. The summed E-state index contributed by atoms with van der Waals surface area (Å²) in [4.78, 5) is 0. The van der Waals surface area contributed by atoms with Crippen LogP contribution in [0, 0.1) is 34.0 Å². The molecule has 3 nitrogen and oxygen atoms in total. The monoisotopic (exact) mass is 457 g/mol. The zero-order valence-corrected chi connectivity index (χ0v) is 19.3. The molecule has 3 heteroatoms. The van der Waals surface area contributed by atoms with E-state index in [4.69, 9.17) is 0 Å². The topological polar surface area (TPSA) is 71.4 Å². The number of benzene rings is 4. The molecule has 0 bridgehead atoms. The third-order valence-corrected chi connectivity index (χ3v) is 7.23. The zero-order chi connectivity index (χ0) is 24.6. The average Bonchev–Trinajstić information content (AvgIpc) is 3.31. The van der Waals surface area contributed by atoms with Gasteiger partial charge in [0, 0.05) is 11.8 Å². The second-order valence-electron chi connectivity index (χ2n) is 8.99. The van der Waals surface area contributed by atoms with E-state index < -0.39 is 0 Å². The largest absolute Gasteiger partial charge is 0.192 e. The summed E-state index contributed by atoms with van der Waals surface area (Å²) in [5.74, 6) is -0.390. The van der Waals surface area contributed by atoms with Crippen molar-refractivity contribution in [1.82, 2.24) is 0 Å². The molecular formula is C33H19N3. The Kier molecular flexibility index (Phi) is 5.08. The first-order valence-corrected chi connectivity index (χ1v) is 11.8. The van der Waals surface area contributed by atoms with E-state index in [1.807, 2.05) is 78.9 Å². The number of hydrogen-bond acceptors (Lipinski definition) is 3. The lowest BCUT2D eigenvalue weighted by atomic mass is 9.70. The Morgan fingerprint density at radius 3 is 1.92 bits per heavy atom. The van der Waals surface area contributed by atoms with E-state index >= 15 is 0 Å². The van der Waals surface area contributed by atoms with E-state index in [-0.39, 0.29) is 17.4 Å². The maximum absolute atomic E-state index is 10.1. The molecule has 2 aliphatic carbocycles. The molecule has 2 aliphatic rings. The minimum Gasteiger partial charge on any atom is -0.192 e. The van der Waals surface area contributed by atoms with Gasteiger partial charge in [-0.1, -0.05) is 91.0 Å². The second-order valence-corrected chi connectivity index (χ2v) is 8.99. The van der Waals surface area contributed by atoms with Crippen LogP contribution in [0.4, 0.5) is 0 Å². The summed E-state index contributed by atoms with van der Waals surface area (Å²) < 4.78 is 0. The van der Waals surface area contributed by atoms with Crippen molar-refractivity contribution in [2.75, 3.05) is 0 Å². The van der Waals surface area contributed by atoms with E-state index in [1.165, 1.54) is 0 Å². The first-order chi connectivity index (χ1) is 17.8. The Morgan fingerprint density at radius 2 is 1.25 bits per heavy atom. The van der Waals surface area contributed by atoms with E-state index in [2.05, 4.69) is 42.5 Å². The van der Waals surface area contributed by atoms with Gasteiger partial charge in [-0.2, -0.15) is 15.8 Å². The molecule has 0 aliphatic heterocycles. The lowest BCUT2D eigenvalue weighted by molar-refractivity contribution is 0.752. The van der Waals surface area contributed by atoms with Crippen molar-refractivity contribution in [3.05, 3.63) is 142 Å². The molecule has 4 aromatic rings. The number of rotatable bonds is 2. The molecule has 0 heterocycles. The molecule has 6 rings (SSSR count). The van der Waals surface area contributed by atoms with E-state index in [9.17, 15) is 15.8 Å². The highest BCUT2D eigenvalue weighted by atomic mass is 14.5. The molecule has 0 aromatic heterocycles. The molecule has 0 saturated carbocycles. The lowest BCUT2D eigenvalue weighted by Crippen LogP contribution is -2.15. The molecule has 2 atom stereocenters. The second kappa shape index (κ2) is 8.56. The molecule has 2 unspecified atom stereocenters. The van der Waals surface area contributed by atoms with Crippen molar-refractivity contribution in [2.24, 2.45) is 0 Å². The minimum atomic E-state index is -0.244. The predicted molar refractivity (Wildman–Crippen MR) is 140 cm³/mol. The number of hydrogen-bond donors (Lipinski definition) is 0. The van der Waals surface area contributed by atoms with Crippen LogP contribution in [0.3, 0.4) is 0 Å². The van der Waals surface area contributed by atoms with Crippen LogP contribution in [-0.4, -0.2) is 0 Å². The zero-order valence-electron chi connectivity index (χ0n) is 19.3. The number of nitrogens with zero attached hydrogens (tertiary/aromatic N) is 3. The molecule has 0 radical (unpaired) electrons. The van der Waals surface area contributed by atoms with Crippen LogP contribution in [-0.2, 0) is 0 Å².